The molecule has 5 nitrogen and oxygen atoms in total. The molecule has 0 aliphatic carbocycles. The summed E-state index contributed by atoms with van der Waals surface area (Å²) in [6.45, 7) is 8.18. The van der Waals surface area contributed by atoms with Crippen molar-refractivity contribution in [1.82, 2.24) is 15.2 Å². The molecule has 2 aromatic rings. The highest BCUT2D eigenvalue weighted by atomic mass is 16.5. The number of carbonyl (C=O) groups is 1. The van der Waals surface area contributed by atoms with Crippen molar-refractivity contribution in [2.24, 2.45) is 0 Å². The Kier molecular flexibility index (Phi) is 7.30. The highest BCUT2D eigenvalue weighted by Crippen LogP contribution is 2.19. The van der Waals surface area contributed by atoms with Crippen molar-refractivity contribution in [2.75, 3.05) is 26.2 Å². The molecule has 1 amide bonds. The number of aryl methyl sites for hydroxylation is 1. The Morgan fingerprint density at radius 2 is 1.96 bits per heavy atom. The summed E-state index contributed by atoms with van der Waals surface area (Å²) < 4.78 is 5.76. The highest BCUT2D eigenvalue weighted by Gasteiger charge is 2.21. The van der Waals surface area contributed by atoms with Crippen molar-refractivity contribution in [2.45, 2.75) is 58.2 Å². The molecule has 1 aliphatic rings. The second-order valence-corrected chi connectivity index (χ2v) is 7.79. The second kappa shape index (κ2) is 9.90. The van der Waals surface area contributed by atoms with Crippen LogP contribution in [0.15, 0.2) is 30.5 Å². The second-order valence-electron chi connectivity index (χ2n) is 7.79. The van der Waals surface area contributed by atoms with Gasteiger partial charge in [-0.15, -0.1) is 0 Å². The van der Waals surface area contributed by atoms with Crippen molar-refractivity contribution >= 4 is 16.8 Å². The number of H-pyrrole nitrogens is 1. The largest absolute Gasteiger partial charge is 0.373 e. The van der Waals surface area contributed by atoms with Gasteiger partial charge in [0.25, 0.3) is 0 Å². The zero-order chi connectivity index (χ0) is 19.1. The topological polar surface area (TPSA) is 57.4 Å². The fourth-order valence-electron chi connectivity index (χ4n) is 4.02. The summed E-state index contributed by atoms with van der Waals surface area (Å²) >= 11 is 0. The van der Waals surface area contributed by atoms with Gasteiger partial charge in [0.15, 0.2) is 0 Å². The maximum atomic E-state index is 12.0. The number of amides is 1. The van der Waals surface area contributed by atoms with Gasteiger partial charge in [0.1, 0.15) is 0 Å². The Bertz CT molecular complexity index is 717. The zero-order valence-electron chi connectivity index (χ0n) is 16.7. The quantitative estimate of drug-likeness (QED) is 0.664. The lowest BCUT2D eigenvalue weighted by atomic mass is 10.1. The maximum Gasteiger partial charge on any atom is 0.220 e. The van der Waals surface area contributed by atoms with Crippen molar-refractivity contribution in [3.63, 3.8) is 0 Å². The molecule has 1 aromatic carbocycles. The Hall–Kier alpha value is -1.85. The summed E-state index contributed by atoms with van der Waals surface area (Å²) in [4.78, 5) is 17.8. The smallest absolute Gasteiger partial charge is 0.220 e. The number of nitrogens with one attached hydrogen (secondary N) is 2. The third-order valence-corrected chi connectivity index (χ3v) is 5.24. The molecule has 2 N–H and O–H groups in total. The Labute approximate surface area is 162 Å². The molecular weight excluding hydrogens is 338 g/mol. The lowest BCUT2D eigenvalue weighted by molar-refractivity contribution is -0.121. The van der Waals surface area contributed by atoms with Crippen LogP contribution in [0.1, 0.15) is 45.1 Å². The van der Waals surface area contributed by atoms with Gasteiger partial charge in [-0.3, -0.25) is 9.69 Å². The number of aromatic nitrogens is 1. The molecular formula is C22H33N3O2. The molecule has 3 rings (SSSR count). The van der Waals surface area contributed by atoms with E-state index in [2.05, 4.69) is 53.4 Å². The van der Waals surface area contributed by atoms with E-state index in [1.54, 1.807) is 0 Å². The van der Waals surface area contributed by atoms with Crippen LogP contribution >= 0.6 is 0 Å². The van der Waals surface area contributed by atoms with Crippen LogP contribution in [0, 0.1) is 0 Å². The lowest BCUT2D eigenvalue weighted by Gasteiger charge is -2.35. The Morgan fingerprint density at radius 3 is 2.78 bits per heavy atom. The van der Waals surface area contributed by atoms with Crippen LogP contribution in [0.3, 0.4) is 0 Å². The summed E-state index contributed by atoms with van der Waals surface area (Å²) in [5.74, 6) is 0.170. The first-order valence-corrected chi connectivity index (χ1v) is 10.3. The lowest BCUT2D eigenvalue weighted by Crippen LogP contribution is -2.45. The molecule has 5 heteroatoms. The summed E-state index contributed by atoms with van der Waals surface area (Å²) in [6.07, 6.45) is 7.29. The minimum atomic E-state index is 0.170. The number of para-hydroxylation sites is 1. The summed E-state index contributed by atoms with van der Waals surface area (Å²) in [5.41, 5.74) is 2.47. The van der Waals surface area contributed by atoms with Crippen LogP contribution < -0.4 is 5.32 Å². The molecule has 27 heavy (non-hydrogen) atoms. The fraction of sp³-hybridized carbons (Fsp3) is 0.591. The number of carbonyl (C=O) groups excluding carboxylic acids is 1. The van der Waals surface area contributed by atoms with Crippen molar-refractivity contribution in [3.05, 3.63) is 36.0 Å². The van der Waals surface area contributed by atoms with E-state index in [0.29, 0.717) is 18.6 Å². The number of hydrogen-bond donors (Lipinski definition) is 2. The standard InChI is InChI=1S/C22H33N3O2/c1-17-15-25(16-18(2)27-17)13-6-5-12-23-22(26)11-7-8-19-14-24-21-10-4-3-9-20(19)21/h3-4,9-10,14,17-18,24H,5-8,11-13,15-16H2,1-2H3,(H,23,26)/t17-,18-/m1/s1. The number of hydrogen-bond acceptors (Lipinski definition) is 3. The molecule has 0 unspecified atom stereocenters. The third kappa shape index (κ3) is 6.08. The number of fused-ring (bicyclic) bond motifs is 1. The van der Waals surface area contributed by atoms with Crippen LogP contribution in [0.2, 0.25) is 0 Å². The number of morpholine rings is 1. The molecule has 0 radical (unpaired) electrons. The van der Waals surface area contributed by atoms with Crippen LogP contribution in [-0.4, -0.2) is 54.2 Å². The van der Waals surface area contributed by atoms with Crippen LogP contribution in [0.25, 0.3) is 10.9 Å². The molecule has 2 heterocycles. The van der Waals surface area contributed by atoms with Crippen LogP contribution in [0.5, 0.6) is 0 Å². The molecule has 0 bridgehead atoms. The van der Waals surface area contributed by atoms with E-state index in [1.807, 2.05) is 6.07 Å². The zero-order valence-corrected chi connectivity index (χ0v) is 16.7. The first-order chi connectivity index (χ1) is 13.1. The van der Waals surface area contributed by atoms with Gasteiger partial charge in [0.05, 0.1) is 12.2 Å². The predicted octanol–water partition coefficient (Wildman–Crippen LogP) is 3.50. The minimum Gasteiger partial charge on any atom is -0.373 e. The summed E-state index contributed by atoms with van der Waals surface area (Å²) in [5, 5.41) is 4.33. The van der Waals surface area contributed by atoms with E-state index in [0.717, 1.165) is 51.9 Å². The average molecular weight is 372 g/mol. The number of unbranched alkanes of at least 4 members (excludes halogenated alkanes) is 1. The molecule has 148 valence electrons. The van der Waals surface area contributed by atoms with Gasteiger partial charge in [-0.05, 0) is 57.7 Å². The highest BCUT2D eigenvalue weighted by molar-refractivity contribution is 5.83. The third-order valence-electron chi connectivity index (χ3n) is 5.24. The van der Waals surface area contributed by atoms with Gasteiger partial charge in [0.2, 0.25) is 5.91 Å². The van der Waals surface area contributed by atoms with Crippen LogP contribution in [0.4, 0.5) is 0 Å². The molecule has 0 spiro atoms. The minimum absolute atomic E-state index is 0.170. The van der Waals surface area contributed by atoms with E-state index in [9.17, 15) is 4.79 Å². The Morgan fingerprint density at radius 1 is 1.19 bits per heavy atom. The number of benzene rings is 1. The van der Waals surface area contributed by atoms with Crippen LogP contribution in [-0.2, 0) is 16.0 Å². The van der Waals surface area contributed by atoms with Crippen molar-refractivity contribution in [3.8, 4) is 0 Å². The van der Waals surface area contributed by atoms with E-state index < -0.39 is 0 Å². The number of aromatic amines is 1. The SMILES string of the molecule is C[C@@H]1CN(CCCCNC(=O)CCCc2c[nH]c3ccccc23)C[C@@H](C)O1. The van der Waals surface area contributed by atoms with Crippen molar-refractivity contribution in [1.29, 1.82) is 0 Å². The first-order valence-electron chi connectivity index (χ1n) is 10.3. The maximum absolute atomic E-state index is 12.0. The van der Waals surface area contributed by atoms with E-state index in [4.69, 9.17) is 4.74 Å². The number of ether oxygens (including phenoxy) is 1. The fourth-order valence-corrected chi connectivity index (χ4v) is 4.02. The number of rotatable bonds is 9. The van der Waals surface area contributed by atoms with Gasteiger partial charge in [-0.25, -0.2) is 0 Å². The normalized spacial score (nSPS) is 20.8. The summed E-state index contributed by atoms with van der Waals surface area (Å²) in [6, 6.07) is 8.32. The van der Waals surface area contributed by atoms with Gasteiger partial charge >= 0.3 is 0 Å². The molecule has 2 atom stereocenters. The van der Waals surface area contributed by atoms with Gasteiger partial charge < -0.3 is 15.0 Å². The number of nitrogens with zero attached hydrogens (tertiary/aromatic N) is 1. The average Bonchev–Trinajstić information content (AvgIpc) is 3.04. The molecule has 1 fully saturated rings. The monoisotopic (exact) mass is 371 g/mol. The summed E-state index contributed by atoms with van der Waals surface area (Å²) in [7, 11) is 0. The molecule has 1 aromatic heterocycles. The first kappa shape index (κ1) is 19.9. The predicted molar refractivity (Wildman–Crippen MR) is 110 cm³/mol. The Balaban J connectivity index is 1.26. The van der Waals surface area contributed by atoms with E-state index >= 15 is 0 Å². The van der Waals surface area contributed by atoms with Gasteiger partial charge in [-0.1, -0.05) is 18.2 Å². The van der Waals surface area contributed by atoms with E-state index in [-0.39, 0.29) is 5.91 Å². The molecule has 1 saturated heterocycles. The van der Waals surface area contributed by atoms with Gasteiger partial charge in [0, 0.05) is 43.2 Å². The molecule has 1 aliphatic heterocycles. The van der Waals surface area contributed by atoms with E-state index in [1.165, 1.54) is 16.5 Å². The van der Waals surface area contributed by atoms with Gasteiger partial charge in [-0.2, -0.15) is 0 Å². The molecule has 0 saturated carbocycles. The van der Waals surface area contributed by atoms with Crippen molar-refractivity contribution < 1.29 is 9.53 Å².